The second kappa shape index (κ2) is 6.10. The van der Waals surface area contributed by atoms with Crippen molar-refractivity contribution in [3.8, 4) is 0 Å². The number of thioether (sulfide) groups is 2. The van der Waals surface area contributed by atoms with Crippen LogP contribution >= 0.6 is 34.9 Å². The first-order valence-corrected chi connectivity index (χ1v) is 11.1. The van der Waals surface area contributed by atoms with Crippen LogP contribution in [-0.4, -0.2) is 27.5 Å². The minimum absolute atomic E-state index is 0.0352. The first kappa shape index (κ1) is 15.5. The Bertz CT molecular complexity index is 536. The van der Waals surface area contributed by atoms with E-state index in [-0.39, 0.29) is 5.41 Å². The molecule has 0 saturated heterocycles. The molecule has 120 valence electrons. The van der Waals surface area contributed by atoms with E-state index < -0.39 is 0 Å². The monoisotopic (exact) mass is 354 g/mol. The first-order valence-electron chi connectivity index (χ1n) is 8.29. The van der Waals surface area contributed by atoms with Crippen LogP contribution in [-0.2, 0) is 4.79 Å². The van der Waals surface area contributed by atoms with Gasteiger partial charge in [-0.1, -0.05) is 41.8 Å². The zero-order valence-electron chi connectivity index (χ0n) is 12.9. The highest BCUT2D eigenvalue weighted by atomic mass is 32.2. The van der Waals surface area contributed by atoms with Gasteiger partial charge in [0, 0.05) is 5.41 Å². The van der Waals surface area contributed by atoms with Gasteiger partial charge in [-0.05, 0) is 62.0 Å². The summed E-state index contributed by atoms with van der Waals surface area (Å²) in [4.78, 5) is 12.9. The van der Waals surface area contributed by atoms with E-state index in [2.05, 4.69) is 17.1 Å². The summed E-state index contributed by atoms with van der Waals surface area (Å²) in [6.07, 6.45) is 7.71. The van der Waals surface area contributed by atoms with Crippen molar-refractivity contribution in [1.82, 2.24) is 10.2 Å². The highest BCUT2D eigenvalue weighted by Crippen LogP contribution is 2.60. The van der Waals surface area contributed by atoms with Gasteiger partial charge in [-0.2, -0.15) is 0 Å². The zero-order chi connectivity index (χ0) is 15.2. The fourth-order valence-electron chi connectivity index (χ4n) is 5.17. The molecule has 1 heterocycles. The van der Waals surface area contributed by atoms with Crippen LogP contribution < -0.4 is 0 Å². The Labute approximate surface area is 144 Å². The lowest BCUT2D eigenvalue weighted by Gasteiger charge is -2.56. The number of aromatic nitrogens is 2. The molecule has 5 rings (SSSR count). The fourth-order valence-corrected chi connectivity index (χ4v) is 8.12. The Hall–Kier alpha value is -0.0700. The van der Waals surface area contributed by atoms with E-state index in [9.17, 15) is 4.79 Å². The molecule has 3 nitrogen and oxygen atoms in total. The summed E-state index contributed by atoms with van der Waals surface area (Å²) in [6, 6.07) is 0. The summed E-state index contributed by atoms with van der Waals surface area (Å²) in [6.45, 7) is 2.12. The number of ketones is 1. The van der Waals surface area contributed by atoms with Gasteiger partial charge in [0.25, 0.3) is 0 Å². The lowest BCUT2D eigenvalue weighted by Crippen LogP contribution is -2.50. The Kier molecular flexibility index (Phi) is 4.28. The predicted octanol–water partition coefficient (Wildman–Crippen LogP) is 4.53. The van der Waals surface area contributed by atoms with Crippen molar-refractivity contribution in [2.45, 2.75) is 54.1 Å². The lowest BCUT2D eigenvalue weighted by atomic mass is 9.48. The molecule has 4 saturated carbocycles. The molecule has 1 aromatic heterocycles. The summed E-state index contributed by atoms with van der Waals surface area (Å²) in [5.41, 5.74) is 0.0352. The molecular formula is C16H22N2OS3. The number of carbonyl (C=O) groups is 1. The molecule has 1 aromatic rings. The quantitative estimate of drug-likeness (QED) is 0.702. The van der Waals surface area contributed by atoms with E-state index in [0.29, 0.717) is 11.5 Å². The maximum Gasteiger partial charge on any atom is 0.175 e. The van der Waals surface area contributed by atoms with Crippen LogP contribution in [0.25, 0.3) is 0 Å². The molecule has 0 N–H and O–H groups in total. The normalized spacial score (nSPS) is 36.0. The predicted molar refractivity (Wildman–Crippen MR) is 92.6 cm³/mol. The summed E-state index contributed by atoms with van der Waals surface area (Å²) in [7, 11) is 0. The van der Waals surface area contributed by atoms with Gasteiger partial charge >= 0.3 is 0 Å². The average molecular weight is 355 g/mol. The number of nitrogens with zero attached hydrogens (tertiary/aromatic N) is 2. The van der Waals surface area contributed by atoms with Gasteiger partial charge in [0.2, 0.25) is 0 Å². The van der Waals surface area contributed by atoms with Crippen molar-refractivity contribution in [3.63, 3.8) is 0 Å². The average Bonchev–Trinajstić information content (AvgIpc) is 2.91. The van der Waals surface area contributed by atoms with Crippen molar-refractivity contribution in [2.24, 2.45) is 23.2 Å². The molecule has 0 aromatic carbocycles. The highest BCUT2D eigenvalue weighted by molar-refractivity contribution is 8.03. The largest absolute Gasteiger partial charge is 0.298 e. The third-order valence-electron chi connectivity index (χ3n) is 5.61. The molecule has 4 bridgehead atoms. The van der Waals surface area contributed by atoms with Crippen LogP contribution in [0.5, 0.6) is 0 Å². The standard InChI is InChI=1S/C16H22N2OS3/c1-2-20-14-17-18-15(22-14)21-9-13(19)16-6-10-3-11(7-16)5-12(4-10)8-16/h10-12H,2-9H2,1H3. The summed E-state index contributed by atoms with van der Waals surface area (Å²) in [5.74, 6) is 4.64. The number of rotatable bonds is 6. The van der Waals surface area contributed by atoms with Gasteiger partial charge in [0.1, 0.15) is 5.78 Å². The van der Waals surface area contributed by atoms with Crippen LogP contribution in [0.2, 0.25) is 0 Å². The van der Waals surface area contributed by atoms with Crippen LogP contribution in [0, 0.1) is 23.2 Å². The molecule has 4 aliphatic rings. The Morgan fingerprint density at radius 3 is 2.18 bits per heavy atom. The SMILES string of the molecule is CCSc1nnc(SCC(=O)C23CC4CC(CC(C4)C2)C3)s1. The van der Waals surface area contributed by atoms with Gasteiger partial charge in [0.05, 0.1) is 5.75 Å². The molecule has 4 aliphatic carbocycles. The van der Waals surface area contributed by atoms with Crippen molar-refractivity contribution in [3.05, 3.63) is 0 Å². The van der Waals surface area contributed by atoms with E-state index >= 15 is 0 Å². The van der Waals surface area contributed by atoms with Gasteiger partial charge in [-0.3, -0.25) is 4.79 Å². The molecule has 0 amide bonds. The first-order chi connectivity index (χ1) is 10.7. The third kappa shape index (κ3) is 2.86. The summed E-state index contributed by atoms with van der Waals surface area (Å²) < 4.78 is 1.97. The second-order valence-electron chi connectivity index (χ2n) is 7.18. The summed E-state index contributed by atoms with van der Waals surface area (Å²) >= 11 is 4.96. The maximum atomic E-state index is 12.9. The molecule has 22 heavy (non-hydrogen) atoms. The van der Waals surface area contributed by atoms with E-state index in [0.717, 1.165) is 32.2 Å². The Balaban J connectivity index is 1.39. The van der Waals surface area contributed by atoms with E-state index in [1.54, 1.807) is 34.9 Å². The Morgan fingerprint density at radius 1 is 1.09 bits per heavy atom. The lowest BCUT2D eigenvalue weighted by molar-refractivity contribution is -0.141. The minimum Gasteiger partial charge on any atom is -0.298 e. The van der Waals surface area contributed by atoms with Gasteiger partial charge in [-0.25, -0.2) is 0 Å². The molecule has 0 aliphatic heterocycles. The van der Waals surface area contributed by atoms with Gasteiger partial charge in [-0.15, -0.1) is 10.2 Å². The van der Waals surface area contributed by atoms with Gasteiger partial charge in [0.15, 0.2) is 8.68 Å². The topological polar surface area (TPSA) is 42.9 Å². The highest BCUT2D eigenvalue weighted by Gasteiger charge is 2.54. The van der Waals surface area contributed by atoms with E-state index in [1.807, 2.05) is 0 Å². The van der Waals surface area contributed by atoms with Crippen LogP contribution in [0.1, 0.15) is 45.4 Å². The van der Waals surface area contributed by atoms with E-state index in [4.69, 9.17) is 0 Å². The van der Waals surface area contributed by atoms with Crippen LogP contribution in [0.4, 0.5) is 0 Å². The molecule has 0 spiro atoms. The maximum absolute atomic E-state index is 12.9. The molecular weight excluding hydrogens is 332 g/mol. The molecule has 4 fully saturated rings. The van der Waals surface area contributed by atoms with Crippen molar-refractivity contribution in [2.75, 3.05) is 11.5 Å². The summed E-state index contributed by atoms with van der Waals surface area (Å²) in [5, 5.41) is 8.39. The molecule has 0 atom stereocenters. The van der Waals surface area contributed by atoms with Crippen molar-refractivity contribution in [1.29, 1.82) is 0 Å². The number of carbonyl (C=O) groups excluding carboxylic acids is 1. The van der Waals surface area contributed by atoms with Crippen LogP contribution in [0.3, 0.4) is 0 Å². The van der Waals surface area contributed by atoms with Crippen LogP contribution in [0.15, 0.2) is 8.68 Å². The third-order valence-corrected chi connectivity index (χ3v) is 8.68. The zero-order valence-corrected chi connectivity index (χ0v) is 15.4. The number of Topliss-reactive ketones (excluding diaryl/α,β-unsaturated/α-hetero) is 1. The Morgan fingerprint density at radius 2 is 1.64 bits per heavy atom. The molecule has 6 heteroatoms. The van der Waals surface area contributed by atoms with Gasteiger partial charge < -0.3 is 0 Å². The smallest absolute Gasteiger partial charge is 0.175 e. The number of hydrogen-bond acceptors (Lipinski definition) is 6. The van der Waals surface area contributed by atoms with E-state index in [1.165, 1.54) is 38.5 Å². The fraction of sp³-hybridized carbons (Fsp3) is 0.812. The number of hydrogen-bond donors (Lipinski definition) is 0. The molecule has 0 unspecified atom stereocenters. The second-order valence-corrected chi connectivity index (χ2v) is 10.9. The van der Waals surface area contributed by atoms with Crippen molar-refractivity contribution < 1.29 is 4.79 Å². The molecule has 0 radical (unpaired) electrons. The van der Waals surface area contributed by atoms with Crippen molar-refractivity contribution >= 4 is 40.6 Å². The minimum atomic E-state index is 0.0352.